The number of ether oxygens (including phenoxy) is 1. The molecule has 4 nitrogen and oxygen atoms in total. The standard InChI is InChI=1S/C19H18ClNO3S/c1-13-3-9-16(10-4-13)25(22,23)18-17(19(18,11-21)12-24-2)14-5-7-15(20)8-6-14/h3-10,17-18H,12H2,1-2H3/t17-,18+,19+/m0/s1. The van der Waals surface area contributed by atoms with E-state index in [1.54, 1.807) is 48.5 Å². The summed E-state index contributed by atoms with van der Waals surface area (Å²) in [6, 6.07) is 15.9. The van der Waals surface area contributed by atoms with Crippen molar-refractivity contribution in [2.45, 2.75) is 23.0 Å². The SMILES string of the molecule is COC[C@@]1(C#N)[C@H](S(=O)(=O)c2ccc(C)cc2)[C@@H]1c1ccc(Cl)cc1. The zero-order chi connectivity index (χ0) is 18.2. The summed E-state index contributed by atoms with van der Waals surface area (Å²) in [6.45, 7) is 1.96. The van der Waals surface area contributed by atoms with Gasteiger partial charge in [-0.15, -0.1) is 0 Å². The van der Waals surface area contributed by atoms with E-state index in [0.717, 1.165) is 11.1 Å². The third-order valence-corrected chi connectivity index (χ3v) is 7.30. The number of hydrogen-bond acceptors (Lipinski definition) is 4. The molecule has 3 rings (SSSR count). The van der Waals surface area contributed by atoms with Gasteiger partial charge in [0.15, 0.2) is 9.84 Å². The predicted molar refractivity (Wildman–Crippen MR) is 96.3 cm³/mol. The van der Waals surface area contributed by atoms with E-state index in [1.165, 1.54) is 7.11 Å². The fourth-order valence-corrected chi connectivity index (χ4v) is 5.89. The van der Waals surface area contributed by atoms with Crippen LogP contribution in [0.25, 0.3) is 0 Å². The molecular formula is C19H18ClNO3S. The normalized spacial score (nSPS) is 25.4. The van der Waals surface area contributed by atoms with Gasteiger partial charge in [0.1, 0.15) is 5.41 Å². The fraction of sp³-hybridized carbons (Fsp3) is 0.316. The lowest BCUT2D eigenvalue weighted by Gasteiger charge is -2.08. The zero-order valence-electron chi connectivity index (χ0n) is 13.9. The van der Waals surface area contributed by atoms with Crippen molar-refractivity contribution in [1.82, 2.24) is 0 Å². The minimum absolute atomic E-state index is 0.0621. The third-order valence-electron chi connectivity index (χ3n) is 4.76. The van der Waals surface area contributed by atoms with Crippen LogP contribution >= 0.6 is 11.6 Å². The summed E-state index contributed by atoms with van der Waals surface area (Å²) in [5, 5.41) is 9.51. The van der Waals surface area contributed by atoms with Crippen molar-refractivity contribution < 1.29 is 13.2 Å². The molecular weight excluding hydrogens is 358 g/mol. The molecule has 0 N–H and O–H groups in total. The Balaban J connectivity index is 2.07. The van der Waals surface area contributed by atoms with Crippen molar-refractivity contribution in [3.8, 4) is 6.07 Å². The first kappa shape index (κ1) is 17.9. The first-order chi connectivity index (χ1) is 11.9. The number of methoxy groups -OCH3 is 1. The number of aryl methyl sites for hydroxylation is 1. The largest absolute Gasteiger partial charge is 0.383 e. The lowest BCUT2D eigenvalue weighted by Crippen LogP contribution is -2.19. The van der Waals surface area contributed by atoms with E-state index in [4.69, 9.17) is 16.3 Å². The van der Waals surface area contributed by atoms with Gasteiger partial charge in [-0.05, 0) is 36.8 Å². The van der Waals surface area contributed by atoms with E-state index in [0.29, 0.717) is 5.02 Å². The summed E-state index contributed by atoms with van der Waals surface area (Å²) in [4.78, 5) is 0.232. The van der Waals surface area contributed by atoms with Crippen molar-refractivity contribution in [2.24, 2.45) is 5.41 Å². The molecule has 0 saturated heterocycles. The van der Waals surface area contributed by atoms with E-state index in [9.17, 15) is 13.7 Å². The maximum atomic E-state index is 13.2. The van der Waals surface area contributed by atoms with Crippen LogP contribution in [-0.2, 0) is 14.6 Å². The number of rotatable bonds is 5. The van der Waals surface area contributed by atoms with Crippen molar-refractivity contribution in [3.05, 3.63) is 64.7 Å². The van der Waals surface area contributed by atoms with Crippen LogP contribution in [-0.4, -0.2) is 27.4 Å². The summed E-state index contributed by atoms with van der Waals surface area (Å²) in [5.41, 5.74) is 0.669. The Morgan fingerprint density at radius 2 is 1.76 bits per heavy atom. The number of nitrogens with zero attached hydrogens (tertiary/aromatic N) is 1. The molecule has 0 heterocycles. The number of sulfone groups is 1. The summed E-state index contributed by atoms with van der Waals surface area (Å²) in [5.74, 6) is -0.444. The highest BCUT2D eigenvalue weighted by molar-refractivity contribution is 7.92. The first-order valence-corrected chi connectivity index (χ1v) is 9.75. The number of halogens is 1. The summed E-state index contributed by atoms with van der Waals surface area (Å²) >= 11 is 5.93. The molecule has 25 heavy (non-hydrogen) atoms. The highest BCUT2D eigenvalue weighted by Crippen LogP contribution is 2.63. The molecule has 2 aromatic carbocycles. The topological polar surface area (TPSA) is 67.2 Å². The van der Waals surface area contributed by atoms with Crippen molar-refractivity contribution in [1.29, 1.82) is 5.26 Å². The maximum Gasteiger partial charge on any atom is 0.183 e. The first-order valence-electron chi connectivity index (χ1n) is 7.83. The van der Waals surface area contributed by atoms with Crippen LogP contribution in [0.3, 0.4) is 0 Å². The van der Waals surface area contributed by atoms with E-state index in [-0.39, 0.29) is 11.5 Å². The molecule has 130 valence electrons. The molecule has 1 saturated carbocycles. The molecule has 0 bridgehead atoms. The van der Waals surface area contributed by atoms with Crippen LogP contribution < -0.4 is 0 Å². The molecule has 1 fully saturated rings. The van der Waals surface area contributed by atoms with Gasteiger partial charge in [-0.25, -0.2) is 8.42 Å². The van der Waals surface area contributed by atoms with Crippen LogP contribution in [0.1, 0.15) is 17.0 Å². The Morgan fingerprint density at radius 1 is 1.16 bits per heavy atom. The van der Waals surface area contributed by atoms with E-state index < -0.39 is 26.4 Å². The maximum absolute atomic E-state index is 13.2. The van der Waals surface area contributed by atoms with Gasteiger partial charge < -0.3 is 4.74 Å². The molecule has 1 aliphatic carbocycles. The van der Waals surface area contributed by atoms with Gasteiger partial charge in [0.2, 0.25) is 0 Å². The van der Waals surface area contributed by atoms with Gasteiger partial charge in [-0.2, -0.15) is 5.26 Å². The van der Waals surface area contributed by atoms with Gasteiger partial charge in [-0.1, -0.05) is 41.4 Å². The highest BCUT2D eigenvalue weighted by atomic mass is 35.5. The number of benzene rings is 2. The second kappa shape index (κ2) is 6.45. The lowest BCUT2D eigenvalue weighted by molar-refractivity contribution is 0.162. The minimum Gasteiger partial charge on any atom is -0.383 e. The second-order valence-corrected chi connectivity index (χ2v) is 8.90. The molecule has 0 spiro atoms. The Morgan fingerprint density at radius 3 is 2.28 bits per heavy atom. The quantitative estimate of drug-likeness (QED) is 0.798. The molecule has 0 aromatic heterocycles. The molecule has 0 aliphatic heterocycles. The van der Waals surface area contributed by atoms with Crippen molar-refractivity contribution in [2.75, 3.05) is 13.7 Å². The van der Waals surface area contributed by atoms with Crippen LogP contribution in [0.2, 0.25) is 5.02 Å². The van der Waals surface area contributed by atoms with Gasteiger partial charge in [0.25, 0.3) is 0 Å². The van der Waals surface area contributed by atoms with Crippen LogP contribution in [0.15, 0.2) is 53.4 Å². The van der Waals surface area contributed by atoms with E-state index in [2.05, 4.69) is 6.07 Å². The van der Waals surface area contributed by atoms with Gasteiger partial charge in [0, 0.05) is 18.1 Å². The van der Waals surface area contributed by atoms with E-state index in [1.807, 2.05) is 6.92 Å². The summed E-state index contributed by atoms with van der Waals surface area (Å²) in [6.07, 6.45) is 0. The van der Waals surface area contributed by atoms with Crippen molar-refractivity contribution >= 4 is 21.4 Å². The average molecular weight is 376 g/mol. The zero-order valence-corrected chi connectivity index (χ0v) is 15.5. The fourth-order valence-electron chi connectivity index (χ4n) is 3.45. The summed E-state index contributed by atoms with van der Waals surface area (Å²) < 4.78 is 31.5. The lowest BCUT2D eigenvalue weighted by atomic mass is 10.0. The molecule has 0 amide bonds. The van der Waals surface area contributed by atoms with Gasteiger partial charge in [-0.3, -0.25) is 0 Å². The highest BCUT2D eigenvalue weighted by Gasteiger charge is 2.72. The minimum atomic E-state index is -3.67. The Labute approximate surface area is 152 Å². The Kier molecular flexibility index (Phi) is 4.63. The number of nitriles is 1. The third kappa shape index (κ3) is 2.95. The molecule has 3 atom stereocenters. The molecule has 2 aromatic rings. The van der Waals surface area contributed by atoms with Crippen LogP contribution in [0.5, 0.6) is 0 Å². The van der Waals surface area contributed by atoms with Crippen LogP contribution in [0, 0.1) is 23.7 Å². The molecule has 0 radical (unpaired) electrons. The molecule has 0 unspecified atom stereocenters. The Hall–Kier alpha value is -1.87. The van der Waals surface area contributed by atoms with Gasteiger partial charge >= 0.3 is 0 Å². The number of hydrogen-bond donors (Lipinski definition) is 0. The average Bonchev–Trinajstić information content (AvgIpc) is 3.26. The van der Waals surface area contributed by atoms with Crippen LogP contribution in [0.4, 0.5) is 0 Å². The van der Waals surface area contributed by atoms with Crippen molar-refractivity contribution in [3.63, 3.8) is 0 Å². The monoisotopic (exact) mass is 375 g/mol. The molecule has 1 aliphatic rings. The Bertz CT molecular complexity index is 917. The van der Waals surface area contributed by atoms with E-state index >= 15 is 0 Å². The summed E-state index contributed by atoms with van der Waals surface area (Å²) in [7, 11) is -2.19. The predicted octanol–water partition coefficient (Wildman–Crippen LogP) is 3.74. The van der Waals surface area contributed by atoms with Gasteiger partial charge in [0.05, 0.1) is 22.8 Å². The molecule has 6 heteroatoms. The second-order valence-electron chi connectivity index (χ2n) is 6.39. The smallest absolute Gasteiger partial charge is 0.183 e.